The number of nitrogens with one attached hydrogen (secondary N) is 1. The predicted molar refractivity (Wildman–Crippen MR) is 202 cm³/mol. The van der Waals surface area contributed by atoms with Crippen molar-refractivity contribution in [1.29, 1.82) is 0 Å². The summed E-state index contributed by atoms with van der Waals surface area (Å²) < 4.78 is 15.9. The van der Waals surface area contributed by atoms with Crippen LogP contribution in [0.2, 0.25) is 0 Å². The second kappa shape index (κ2) is 17.4. The third-order valence-electron chi connectivity index (χ3n) is 8.64. The van der Waals surface area contributed by atoms with Crippen LogP contribution < -0.4 is 14.8 Å². The number of benzene rings is 2. The van der Waals surface area contributed by atoms with Crippen LogP contribution in [0, 0.1) is 5.92 Å². The molecule has 0 saturated carbocycles. The minimum absolute atomic E-state index is 0.00981. The molecule has 11 heteroatoms. The second-order valence-corrected chi connectivity index (χ2v) is 16.3. The fourth-order valence-corrected chi connectivity index (χ4v) is 7.70. The van der Waals surface area contributed by atoms with E-state index in [0.29, 0.717) is 36.0 Å². The molecule has 1 aliphatic carbocycles. The summed E-state index contributed by atoms with van der Waals surface area (Å²) in [5.74, 6) is 3.76. The van der Waals surface area contributed by atoms with Crippen molar-refractivity contribution < 1.29 is 18.9 Å². The van der Waals surface area contributed by atoms with Gasteiger partial charge >= 0.3 is 0 Å². The molecule has 8 rings (SSSR count). The number of para-hydroxylation sites is 2. The molecule has 1 N–H and O–H groups in total. The molecule has 0 fully saturated rings. The lowest BCUT2D eigenvalue weighted by atomic mass is 10.0. The Labute approximate surface area is 304 Å². The van der Waals surface area contributed by atoms with Gasteiger partial charge in [0.15, 0.2) is 11.5 Å². The highest BCUT2D eigenvalue weighted by Crippen LogP contribution is 2.33. The lowest BCUT2D eigenvalue weighted by Crippen LogP contribution is -2.33. The number of aromatic nitrogens is 4. The van der Waals surface area contributed by atoms with Crippen LogP contribution in [0.25, 0.3) is 11.0 Å². The van der Waals surface area contributed by atoms with E-state index in [4.69, 9.17) is 9.47 Å². The number of carbonyl (C=O) groups excluding carboxylic acids is 1. The van der Waals surface area contributed by atoms with Crippen molar-refractivity contribution in [3.63, 3.8) is 0 Å². The third kappa shape index (κ3) is 9.69. The Morgan fingerprint density at radius 3 is 2.12 bits per heavy atom. The molecule has 0 bridgehead atoms. The van der Waals surface area contributed by atoms with Crippen LogP contribution in [-0.2, 0) is 19.3 Å². The molecule has 1 atom stereocenters. The van der Waals surface area contributed by atoms with Gasteiger partial charge in [-0.1, -0.05) is 73.6 Å². The first-order valence-corrected chi connectivity index (χ1v) is 19.5. The predicted octanol–water partition coefficient (Wildman–Crippen LogP) is 9.53. The number of fused-ring (bicyclic) bond motifs is 4. The van der Waals surface area contributed by atoms with Crippen LogP contribution in [0.4, 0.5) is 0 Å². The topological polar surface area (TPSA) is 112 Å². The minimum Gasteiger partial charge on any atom is -0.486 e. The Kier molecular flexibility index (Phi) is 13.0. The summed E-state index contributed by atoms with van der Waals surface area (Å²) in [5.41, 5.74) is 4.97. The van der Waals surface area contributed by atoms with Crippen LogP contribution >= 0.6 is 22.7 Å². The SMILES string of the molecule is CC(C)C1COc2ccccc2O1.CC(C)c1ccc2nonc2c1.CC(C)c1nc2c(s1)CCCC2.CC(C)c1nc2c(s1)CCNC2=O. The van der Waals surface area contributed by atoms with E-state index >= 15 is 0 Å². The molecule has 50 heavy (non-hydrogen) atoms. The number of carbonyl (C=O) groups is 1. The van der Waals surface area contributed by atoms with E-state index in [-0.39, 0.29) is 12.0 Å². The van der Waals surface area contributed by atoms with Crippen molar-refractivity contribution in [2.24, 2.45) is 5.92 Å². The van der Waals surface area contributed by atoms with Crippen molar-refractivity contribution in [2.45, 2.75) is 111 Å². The van der Waals surface area contributed by atoms with Crippen molar-refractivity contribution >= 4 is 39.6 Å². The number of ether oxygens (including phenoxy) is 2. The molecule has 3 aromatic heterocycles. The van der Waals surface area contributed by atoms with E-state index in [0.717, 1.165) is 45.4 Å². The van der Waals surface area contributed by atoms with Crippen molar-refractivity contribution in [1.82, 2.24) is 25.6 Å². The van der Waals surface area contributed by atoms with Crippen LogP contribution in [0.5, 0.6) is 11.5 Å². The normalized spacial score (nSPS) is 16.1. The maximum Gasteiger partial charge on any atom is 0.271 e. The first-order valence-electron chi connectivity index (χ1n) is 17.9. The molecular weight excluding hydrogens is 667 g/mol. The number of aryl methyl sites for hydroxylation is 2. The van der Waals surface area contributed by atoms with E-state index in [9.17, 15) is 4.79 Å². The van der Waals surface area contributed by atoms with E-state index < -0.39 is 0 Å². The van der Waals surface area contributed by atoms with Gasteiger partial charge in [0.1, 0.15) is 29.4 Å². The van der Waals surface area contributed by atoms with Gasteiger partial charge in [-0.15, -0.1) is 22.7 Å². The molecule has 1 unspecified atom stereocenters. The summed E-state index contributed by atoms with van der Waals surface area (Å²) in [4.78, 5) is 23.1. The highest BCUT2D eigenvalue weighted by atomic mass is 32.1. The summed E-state index contributed by atoms with van der Waals surface area (Å²) >= 11 is 3.61. The van der Waals surface area contributed by atoms with E-state index in [1.807, 2.05) is 47.7 Å². The molecule has 0 saturated heterocycles. The average molecular weight is 718 g/mol. The number of rotatable bonds is 4. The number of amides is 1. The van der Waals surface area contributed by atoms with Gasteiger partial charge in [-0.3, -0.25) is 4.79 Å². The van der Waals surface area contributed by atoms with Gasteiger partial charge < -0.3 is 14.8 Å². The number of hydrogen-bond acceptors (Lipinski definition) is 10. The number of hydrogen-bond donors (Lipinski definition) is 1. The summed E-state index contributed by atoms with van der Waals surface area (Å²) in [5, 5.41) is 12.7. The van der Waals surface area contributed by atoms with Gasteiger partial charge in [-0.2, -0.15) is 0 Å². The Hall–Kier alpha value is -3.83. The minimum atomic E-state index is -0.00981. The first-order chi connectivity index (χ1) is 24.0. The Morgan fingerprint density at radius 1 is 0.760 bits per heavy atom. The average Bonchev–Trinajstić information content (AvgIpc) is 3.87. The molecular formula is C39H51N5O4S2. The zero-order valence-electron chi connectivity index (χ0n) is 30.6. The lowest BCUT2D eigenvalue weighted by molar-refractivity contribution is 0.0591. The molecule has 2 aromatic carbocycles. The molecule has 1 amide bonds. The Bertz CT molecular complexity index is 1820. The zero-order chi connectivity index (χ0) is 35.8. The zero-order valence-corrected chi connectivity index (χ0v) is 32.2. The number of thiazole rings is 2. The van der Waals surface area contributed by atoms with Crippen LogP contribution in [0.1, 0.15) is 128 Å². The fraction of sp³-hybridized carbons (Fsp3) is 0.513. The molecule has 2 aliphatic heterocycles. The smallest absolute Gasteiger partial charge is 0.271 e. The monoisotopic (exact) mass is 717 g/mol. The summed E-state index contributed by atoms with van der Waals surface area (Å²) in [6.45, 7) is 18.6. The molecule has 5 aromatic rings. The van der Waals surface area contributed by atoms with Gasteiger partial charge in [-0.25, -0.2) is 14.6 Å². The lowest BCUT2D eigenvalue weighted by Gasteiger charge is -2.28. The molecule has 0 spiro atoms. The first kappa shape index (κ1) is 37.4. The maximum atomic E-state index is 11.4. The Morgan fingerprint density at radius 2 is 1.44 bits per heavy atom. The van der Waals surface area contributed by atoms with Gasteiger partial charge in [0.05, 0.1) is 15.7 Å². The standard InChI is InChI=1S/C11H14O2.C10H15NS.C9H12N2OS.C9H10N2O/c1-8(2)11-7-12-9-5-3-4-6-10(9)13-11;1-7(2)10-11-8-5-3-4-6-9(8)12-10;1-5(2)9-11-7-6(13-9)3-4-10-8(7)12;1-6(2)7-3-4-8-9(5-7)11-12-10-8/h3-6,8,11H,7H2,1-2H3;7H,3-6H2,1-2H3;5H,3-4H2,1-2H3,(H,10,12);3-6H,1-2H3. The van der Waals surface area contributed by atoms with Crippen LogP contribution in [-0.4, -0.2) is 45.4 Å². The quantitative estimate of drug-likeness (QED) is 0.196. The molecule has 268 valence electrons. The van der Waals surface area contributed by atoms with Crippen LogP contribution in [0.3, 0.4) is 0 Å². The largest absolute Gasteiger partial charge is 0.486 e. The van der Waals surface area contributed by atoms with Gasteiger partial charge in [0, 0.05) is 34.6 Å². The fourth-order valence-electron chi connectivity index (χ4n) is 5.48. The van der Waals surface area contributed by atoms with Gasteiger partial charge in [-0.05, 0) is 77.7 Å². The van der Waals surface area contributed by atoms with E-state index in [1.54, 1.807) is 16.2 Å². The molecule has 3 aliphatic rings. The van der Waals surface area contributed by atoms with E-state index in [1.165, 1.54) is 41.9 Å². The highest BCUT2D eigenvalue weighted by molar-refractivity contribution is 7.12. The van der Waals surface area contributed by atoms with E-state index in [2.05, 4.69) is 91.7 Å². The van der Waals surface area contributed by atoms with Crippen molar-refractivity contribution in [3.8, 4) is 11.5 Å². The second-order valence-electron chi connectivity index (χ2n) is 14.1. The van der Waals surface area contributed by atoms with Crippen molar-refractivity contribution in [2.75, 3.05) is 13.2 Å². The maximum absolute atomic E-state index is 11.4. The molecule has 5 heterocycles. The third-order valence-corrected chi connectivity index (χ3v) is 11.5. The number of nitrogens with zero attached hydrogens (tertiary/aromatic N) is 4. The summed E-state index contributed by atoms with van der Waals surface area (Å²) in [6.07, 6.45) is 6.33. The van der Waals surface area contributed by atoms with Gasteiger partial charge in [0.2, 0.25) is 0 Å². The summed E-state index contributed by atoms with van der Waals surface area (Å²) in [6, 6.07) is 13.8. The summed E-state index contributed by atoms with van der Waals surface area (Å²) in [7, 11) is 0. The molecule has 9 nitrogen and oxygen atoms in total. The van der Waals surface area contributed by atoms with Crippen LogP contribution in [0.15, 0.2) is 47.1 Å². The van der Waals surface area contributed by atoms with Crippen molar-refractivity contribution in [3.05, 3.63) is 79.2 Å². The molecule has 0 radical (unpaired) electrons. The highest BCUT2D eigenvalue weighted by Gasteiger charge is 2.24. The Balaban J connectivity index is 0.000000130. The van der Waals surface area contributed by atoms with Gasteiger partial charge in [0.25, 0.3) is 5.91 Å².